The molecule has 1 fully saturated rings. The van der Waals surface area contributed by atoms with E-state index in [1.807, 2.05) is 25.1 Å². The van der Waals surface area contributed by atoms with Crippen LogP contribution >= 0.6 is 0 Å². The van der Waals surface area contributed by atoms with Crippen LogP contribution in [0.25, 0.3) is 0 Å². The summed E-state index contributed by atoms with van der Waals surface area (Å²) in [4.78, 5) is 12.3. The van der Waals surface area contributed by atoms with Crippen LogP contribution in [0.15, 0.2) is 18.2 Å². The average molecular weight is 232 g/mol. The zero-order valence-electron chi connectivity index (χ0n) is 10.7. The number of rotatable bonds is 3. The Labute approximate surface area is 103 Å². The third kappa shape index (κ3) is 2.68. The Morgan fingerprint density at radius 3 is 2.53 bits per heavy atom. The fourth-order valence-electron chi connectivity index (χ4n) is 2.63. The Balaban J connectivity index is 2.16. The molecule has 0 radical (unpaired) electrons. The summed E-state index contributed by atoms with van der Waals surface area (Å²) >= 11 is 0. The molecule has 1 aliphatic carbocycles. The van der Waals surface area contributed by atoms with Crippen molar-refractivity contribution in [1.29, 1.82) is 0 Å². The maximum atomic E-state index is 12.3. The van der Waals surface area contributed by atoms with Gasteiger partial charge in [-0.15, -0.1) is 0 Å². The van der Waals surface area contributed by atoms with Gasteiger partial charge in [0.2, 0.25) is 0 Å². The second-order valence-electron chi connectivity index (χ2n) is 4.88. The summed E-state index contributed by atoms with van der Waals surface area (Å²) in [5, 5.41) is 0. The fraction of sp³-hybridized carbons (Fsp3) is 0.533. The van der Waals surface area contributed by atoms with Crippen LogP contribution in [0.4, 0.5) is 0 Å². The van der Waals surface area contributed by atoms with Gasteiger partial charge >= 0.3 is 0 Å². The van der Waals surface area contributed by atoms with E-state index in [2.05, 4.69) is 0 Å². The van der Waals surface area contributed by atoms with Crippen LogP contribution in [-0.4, -0.2) is 12.9 Å². The maximum absolute atomic E-state index is 12.3. The molecule has 0 bridgehead atoms. The molecule has 0 aromatic heterocycles. The third-order valence-electron chi connectivity index (χ3n) is 3.66. The van der Waals surface area contributed by atoms with Crippen LogP contribution in [0.1, 0.15) is 48.0 Å². The second kappa shape index (κ2) is 5.35. The number of carbonyl (C=O) groups is 1. The van der Waals surface area contributed by atoms with Crippen molar-refractivity contribution < 1.29 is 9.53 Å². The van der Waals surface area contributed by atoms with E-state index in [1.165, 1.54) is 19.3 Å². The summed E-state index contributed by atoms with van der Waals surface area (Å²) in [6.45, 7) is 1.98. The van der Waals surface area contributed by atoms with Gasteiger partial charge in [-0.3, -0.25) is 4.79 Å². The summed E-state index contributed by atoms with van der Waals surface area (Å²) < 4.78 is 5.21. The predicted molar refractivity (Wildman–Crippen MR) is 68.6 cm³/mol. The molecule has 0 aliphatic heterocycles. The first-order chi connectivity index (χ1) is 8.22. The monoisotopic (exact) mass is 232 g/mol. The van der Waals surface area contributed by atoms with Crippen molar-refractivity contribution in [3.63, 3.8) is 0 Å². The third-order valence-corrected chi connectivity index (χ3v) is 3.66. The fourth-order valence-corrected chi connectivity index (χ4v) is 2.63. The minimum absolute atomic E-state index is 0.247. The van der Waals surface area contributed by atoms with Crippen molar-refractivity contribution in [2.75, 3.05) is 7.11 Å². The molecule has 0 saturated heterocycles. The molecule has 1 aromatic rings. The molecule has 0 spiro atoms. The molecule has 2 heteroatoms. The summed E-state index contributed by atoms with van der Waals surface area (Å²) in [7, 11) is 1.66. The molecular weight excluding hydrogens is 212 g/mol. The van der Waals surface area contributed by atoms with Gasteiger partial charge in [0.05, 0.1) is 7.11 Å². The largest absolute Gasteiger partial charge is 0.496 e. The molecule has 2 rings (SSSR count). The van der Waals surface area contributed by atoms with Crippen LogP contribution in [-0.2, 0) is 0 Å². The summed E-state index contributed by atoms with van der Waals surface area (Å²) in [6, 6.07) is 5.74. The van der Waals surface area contributed by atoms with Crippen molar-refractivity contribution >= 4 is 5.78 Å². The van der Waals surface area contributed by atoms with E-state index in [0.29, 0.717) is 5.78 Å². The van der Waals surface area contributed by atoms with Crippen molar-refractivity contribution in [3.05, 3.63) is 29.3 Å². The first-order valence-corrected chi connectivity index (χ1v) is 6.41. The molecule has 1 saturated carbocycles. The van der Waals surface area contributed by atoms with Crippen molar-refractivity contribution in [2.45, 2.75) is 39.0 Å². The first kappa shape index (κ1) is 12.2. The van der Waals surface area contributed by atoms with Gasteiger partial charge in [0.1, 0.15) is 5.75 Å². The normalized spacial score (nSPS) is 16.8. The Morgan fingerprint density at radius 2 is 1.94 bits per heavy atom. The number of benzene rings is 1. The van der Waals surface area contributed by atoms with E-state index in [-0.39, 0.29) is 5.92 Å². The molecule has 2 nitrogen and oxygen atoms in total. The minimum Gasteiger partial charge on any atom is -0.496 e. The SMILES string of the molecule is COc1ccc(C(=O)C2CCCCC2)cc1C. The van der Waals surface area contributed by atoms with Gasteiger partial charge in [-0.25, -0.2) is 0 Å². The van der Waals surface area contributed by atoms with Gasteiger partial charge < -0.3 is 4.74 Å². The van der Waals surface area contributed by atoms with Gasteiger partial charge in [-0.05, 0) is 43.5 Å². The molecule has 1 aliphatic rings. The quantitative estimate of drug-likeness (QED) is 0.741. The van der Waals surface area contributed by atoms with Crippen LogP contribution in [0.5, 0.6) is 5.75 Å². The van der Waals surface area contributed by atoms with E-state index in [9.17, 15) is 4.79 Å². The highest BCUT2D eigenvalue weighted by atomic mass is 16.5. The Bertz CT molecular complexity index is 403. The van der Waals surface area contributed by atoms with Gasteiger partial charge in [0.25, 0.3) is 0 Å². The average Bonchev–Trinajstić information content (AvgIpc) is 2.39. The summed E-state index contributed by atoms with van der Waals surface area (Å²) in [5.74, 6) is 1.41. The topological polar surface area (TPSA) is 26.3 Å². The molecule has 1 aromatic carbocycles. The standard InChI is InChI=1S/C15H20O2/c1-11-10-13(8-9-14(11)17-2)15(16)12-6-4-3-5-7-12/h8-10,12H,3-7H2,1-2H3. The van der Waals surface area contributed by atoms with Crippen molar-refractivity contribution in [2.24, 2.45) is 5.92 Å². The van der Waals surface area contributed by atoms with Gasteiger partial charge in [0, 0.05) is 11.5 Å². The lowest BCUT2D eigenvalue weighted by Crippen LogP contribution is -2.17. The molecule has 0 N–H and O–H groups in total. The zero-order valence-corrected chi connectivity index (χ0v) is 10.7. The number of Topliss-reactive ketones (excluding diaryl/α,β-unsaturated/α-hetero) is 1. The lowest BCUT2D eigenvalue weighted by molar-refractivity contribution is 0.0889. The van der Waals surface area contributed by atoms with E-state index in [4.69, 9.17) is 4.74 Å². The number of carbonyl (C=O) groups excluding carboxylic acids is 1. The molecular formula is C15H20O2. The minimum atomic E-state index is 0.247. The van der Waals surface area contributed by atoms with Crippen molar-refractivity contribution in [1.82, 2.24) is 0 Å². The highest BCUT2D eigenvalue weighted by Crippen LogP contribution is 2.28. The number of hydrogen-bond donors (Lipinski definition) is 0. The maximum Gasteiger partial charge on any atom is 0.165 e. The van der Waals surface area contributed by atoms with E-state index in [0.717, 1.165) is 29.7 Å². The van der Waals surface area contributed by atoms with Crippen LogP contribution < -0.4 is 4.74 Å². The summed E-state index contributed by atoms with van der Waals surface area (Å²) in [5.41, 5.74) is 1.88. The van der Waals surface area contributed by atoms with Crippen LogP contribution in [0, 0.1) is 12.8 Å². The van der Waals surface area contributed by atoms with Crippen LogP contribution in [0.3, 0.4) is 0 Å². The number of aryl methyl sites for hydroxylation is 1. The summed E-state index contributed by atoms with van der Waals surface area (Å²) in [6.07, 6.45) is 5.80. The van der Waals surface area contributed by atoms with Gasteiger partial charge in [-0.2, -0.15) is 0 Å². The van der Waals surface area contributed by atoms with Gasteiger partial charge in [-0.1, -0.05) is 19.3 Å². The number of hydrogen-bond acceptors (Lipinski definition) is 2. The van der Waals surface area contributed by atoms with Crippen molar-refractivity contribution in [3.8, 4) is 5.75 Å². The number of ketones is 1. The smallest absolute Gasteiger partial charge is 0.165 e. The van der Waals surface area contributed by atoms with E-state index >= 15 is 0 Å². The van der Waals surface area contributed by atoms with Gasteiger partial charge in [0.15, 0.2) is 5.78 Å². The molecule has 17 heavy (non-hydrogen) atoms. The Morgan fingerprint density at radius 1 is 1.24 bits per heavy atom. The molecule has 0 amide bonds. The van der Waals surface area contributed by atoms with E-state index in [1.54, 1.807) is 7.11 Å². The predicted octanol–water partition coefficient (Wildman–Crippen LogP) is 3.77. The molecule has 0 unspecified atom stereocenters. The molecule has 0 heterocycles. The number of methoxy groups -OCH3 is 1. The van der Waals surface area contributed by atoms with Crippen LogP contribution in [0.2, 0.25) is 0 Å². The molecule has 92 valence electrons. The van der Waals surface area contributed by atoms with E-state index < -0.39 is 0 Å². The number of ether oxygens (including phenoxy) is 1. The zero-order chi connectivity index (χ0) is 12.3. The Hall–Kier alpha value is -1.31. The first-order valence-electron chi connectivity index (χ1n) is 6.41. The lowest BCUT2D eigenvalue weighted by atomic mass is 9.83. The second-order valence-corrected chi connectivity index (χ2v) is 4.88. The highest BCUT2D eigenvalue weighted by molar-refractivity contribution is 5.98. The highest BCUT2D eigenvalue weighted by Gasteiger charge is 2.22. The molecule has 0 atom stereocenters. The lowest BCUT2D eigenvalue weighted by Gasteiger charge is -2.20. The Kier molecular flexibility index (Phi) is 3.82.